The van der Waals surface area contributed by atoms with Crippen molar-refractivity contribution in [3.05, 3.63) is 89.0 Å². The lowest BCUT2D eigenvalue weighted by molar-refractivity contribution is -0.117. The van der Waals surface area contributed by atoms with E-state index in [0.717, 1.165) is 11.3 Å². The fourth-order valence-electron chi connectivity index (χ4n) is 3.59. The van der Waals surface area contributed by atoms with Crippen LogP contribution in [-0.2, 0) is 11.3 Å². The first-order valence-electron chi connectivity index (χ1n) is 8.91. The molecule has 0 fully saturated rings. The van der Waals surface area contributed by atoms with Gasteiger partial charge in [-0.1, -0.05) is 36.4 Å². The third-order valence-corrected chi connectivity index (χ3v) is 4.98. The van der Waals surface area contributed by atoms with Crippen LogP contribution < -0.4 is 5.32 Å². The van der Waals surface area contributed by atoms with Gasteiger partial charge in [0, 0.05) is 17.8 Å². The van der Waals surface area contributed by atoms with Crippen molar-refractivity contribution < 1.29 is 14.0 Å². The van der Waals surface area contributed by atoms with Crippen molar-refractivity contribution in [2.24, 2.45) is 0 Å². The molecule has 0 aliphatic carbocycles. The molecule has 136 valence electrons. The van der Waals surface area contributed by atoms with Gasteiger partial charge >= 0.3 is 0 Å². The maximum atomic E-state index is 14.0. The molecule has 5 heteroatoms. The molecule has 0 saturated heterocycles. The van der Waals surface area contributed by atoms with Crippen LogP contribution in [0.4, 0.5) is 10.1 Å². The number of aryl methyl sites for hydroxylation is 1. The van der Waals surface area contributed by atoms with Gasteiger partial charge < -0.3 is 9.88 Å². The molecule has 3 aromatic rings. The predicted molar refractivity (Wildman–Crippen MR) is 101 cm³/mol. The van der Waals surface area contributed by atoms with Crippen LogP contribution in [0.25, 0.3) is 0 Å². The molecule has 1 aliphatic rings. The van der Waals surface area contributed by atoms with E-state index in [1.54, 1.807) is 37.3 Å². The van der Waals surface area contributed by atoms with Gasteiger partial charge in [-0.05, 0) is 43.2 Å². The Morgan fingerprint density at radius 3 is 2.59 bits per heavy atom. The van der Waals surface area contributed by atoms with Gasteiger partial charge in [0.1, 0.15) is 5.82 Å². The van der Waals surface area contributed by atoms with E-state index in [2.05, 4.69) is 5.32 Å². The van der Waals surface area contributed by atoms with Crippen LogP contribution in [0.3, 0.4) is 0 Å². The summed E-state index contributed by atoms with van der Waals surface area (Å²) in [5.41, 5.74) is 2.96. The molecule has 1 aromatic heterocycles. The zero-order valence-corrected chi connectivity index (χ0v) is 14.9. The minimum Gasteiger partial charge on any atom is -0.341 e. The van der Waals surface area contributed by atoms with Gasteiger partial charge in [0.15, 0.2) is 0 Å². The van der Waals surface area contributed by atoms with Crippen molar-refractivity contribution in [1.29, 1.82) is 0 Å². The number of carbonyl (C=O) groups excluding carboxylic acids is 2. The van der Waals surface area contributed by atoms with Crippen LogP contribution >= 0.6 is 0 Å². The number of halogens is 1. The minimum atomic E-state index is -0.448. The van der Waals surface area contributed by atoms with E-state index in [0.29, 0.717) is 24.2 Å². The first-order valence-corrected chi connectivity index (χ1v) is 8.91. The maximum Gasteiger partial charge on any atom is 0.233 e. The molecular weight excluding hydrogens is 343 g/mol. The molecule has 27 heavy (non-hydrogen) atoms. The molecule has 0 saturated carbocycles. The van der Waals surface area contributed by atoms with Crippen molar-refractivity contribution in [3.63, 3.8) is 0 Å². The fourth-order valence-corrected chi connectivity index (χ4v) is 3.59. The molecule has 0 unspecified atom stereocenters. The van der Waals surface area contributed by atoms with E-state index in [1.165, 1.54) is 6.07 Å². The van der Waals surface area contributed by atoms with E-state index < -0.39 is 11.7 Å². The highest BCUT2D eigenvalue weighted by Gasteiger charge is 2.32. The third-order valence-electron chi connectivity index (χ3n) is 4.98. The number of hydrogen-bond donors (Lipinski definition) is 1. The van der Waals surface area contributed by atoms with Gasteiger partial charge in [0.2, 0.25) is 11.7 Å². The second-order valence-electron chi connectivity index (χ2n) is 6.80. The summed E-state index contributed by atoms with van der Waals surface area (Å²) in [6.07, 6.45) is 0.588. The number of aromatic nitrogens is 1. The Morgan fingerprint density at radius 2 is 1.85 bits per heavy atom. The first kappa shape index (κ1) is 17.2. The lowest BCUT2D eigenvalue weighted by Crippen LogP contribution is -2.20. The van der Waals surface area contributed by atoms with Crippen LogP contribution in [-0.4, -0.2) is 16.3 Å². The molecule has 1 amide bonds. The monoisotopic (exact) mass is 362 g/mol. The number of hydrogen-bond acceptors (Lipinski definition) is 2. The third kappa shape index (κ3) is 3.16. The summed E-state index contributed by atoms with van der Waals surface area (Å²) in [6.45, 7) is 2.38. The first-order chi connectivity index (χ1) is 13.0. The number of benzene rings is 2. The number of fused-ring (bicyclic) bond motifs is 1. The summed E-state index contributed by atoms with van der Waals surface area (Å²) in [7, 11) is 0. The number of amides is 1. The summed E-state index contributed by atoms with van der Waals surface area (Å²) in [6, 6.07) is 17.4. The molecule has 0 radical (unpaired) electrons. The SMILES string of the molecule is Cc1ccc(NC(=O)[C@H]2CCn3c(C(=O)c4ccccc4)ccc32)c(F)c1. The molecule has 2 heterocycles. The Labute approximate surface area is 156 Å². The molecule has 4 nitrogen and oxygen atoms in total. The topological polar surface area (TPSA) is 51.1 Å². The molecule has 1 aliphatic heterocycles. The quantitative estimate of drug-likeness (QED) is 0.704. The van der Waals surface area contributed by atoms with Crippen molar-refractivity contribution in [2.75, 3.05) is 5.32 Å². The Kier molecular flexibility index (Phi) is 4.36. The number of carbonyl (C=O) groups is 2. The Morgan fingerprint density at radius 1 is 1.07 bits per heavy atom. The van der Waals surface area contributed by atoms with Crippen LogP contribution in [0.2, 0.25) is 0 Å². The summed E-state index contributed by atoms with van der Waals surface area (Å²) in [5.74, 6) is -1.17. The van der Waals surface area contributed by atoms with Crippen LogP contribution in [0.5, 0.6) is 0 Å². The van der Waals surface area contributed by atoms with Crippen LogP contribution in [0, 0.1) is 12.7 Å². The summed E-state index contributed by atoms with van der Waals surface area (Å²) < 4.78 is 15.9. The Balaban J connectivity index is 1.57. The largest absolute Gasteiger partial charge is 0.341 e. The van der Waals surface area contributed by atoms with Crippen molar-refractivity contribution in [3.8, 4) is 0 Å². The number of nitrogens with zero attached hydrogens (tertiary/aromatic N) is 1. The molecule has 4 rings (SSSR count). The average molecular weight is 362 g/mol. The second-order valence-corrected chi connectivity index (χ2v) is 6.80. The summed E-state index contributed by atoms with van der Waals surface area (Å²) in [4.78, 5) is 25.4. The fraction of sp³-hybridized carbons (Fsp3) is 0.182. The van der Waals surface area contributed by atoms with Gasteiger partial charge in [0.25, 0.3) is 0 Å². The highest BCUT2D eigenvalue weighted by Crippen LogP contribution is 2.32. The van der Waals surface area contributed by atoms with Gasteiger partial charge in [-0.2, -0.15) is 0 Å². The van der Waals surface area contributed by atoms with E-state index in [1.807, 2.05) is 28.8 Å². The molecule has 0 bridgehead atoms. The normalized spacial score (nSPS) is 15.4. The number of anilines is 1. The molecule has 1 N–H and O–H groups in total. The number of rotatable bonds is 4. The second kappa shape index (κ2) is 6.83. The molecular formula is C22H19FN2O2. The lowest BCUT2D eigenvalue weighted by atomic mass is 10.0. The van der Waals surface area contributed by atoms with Gasteiger partial charge in [-0.15, -0.1) is 0 Å². The van der Waals surface area contributed by atoms with E-state index >= 15 is 0 Å². The summed E-state index contributed by atoms with van der Waals surface area (Å²) >= 11 is 0. The zero-order valence-electron chi connectivity index (χ0n) is 14.9. The Bertz CT molecular complexity index is 1020. The minimum absolute atomic E-state index is 0.0625. The predicted octanol–water partition coefficient (Wildman–Crippen LogP) is 4.29. The van der Waals surface area contributed by atoms with Gasteiger partial charge in [-0.25, -0.2) is 4.39 Å². The lowest BCUT2D eigenvalue weighted by Gasteiger charge is -2.11. The maximum absolute atomic E-state index is 14.0. The van der Waals surface area contributed by atoms with Crippen molar-refractivity contribution in [2.45, 2.75) is 25.8 Å². The van der Waals surface area contributed by atoms with E-state index in [-0.39, 0.29) is 17.4 Å². The van der Waals surface area contributed by atoms with E-state index in [9.17, 15) is 14.0 Å². The van der Waals surface area contributed by atoms with E-state index in [4.69, 9.17) is 0 Å². The average Bonchev–Trinajstić information content (AvgIpc) is 3.26. The summed E-state index contributed by atoms with van der Waals surface area (Å²) in [5, 5.41) is 2.68. The number of ketones is 1. The smallest absolute Gasteiger partial charge is 0.233 e. The van der Waals surface area contributed by atoms with Gasteiger partial charge in [0.05, 0.1) is 17.3 Å². The highest BCUT2D eigenvalue weighted by atomic mass is 19.1. The molecule has 0 spiro atoms. The molecule has 2 aromatic carbocycles. The van der Waals surface area contributed by atoms with Crippen LogP contribution in [0.15, 0.2) is 60.7 Å². The van der Waals surface area contributed by atoms with Crippen molar-refractivity contribution >= 4 is 17.4 Å². The zero-order chi connectivity index (χ0) is 19.0. The molecule has 1 atom stereocenters. The number of nitrogens with one attached hydrogen (secondary N) is 1. The standard InChI is InChI=1S/C22H19FN2O2/c1-14-7-8-18(17(23)13-14)24-22(27)16-11-12-25-19(16)9-10-20(25)21(26)15-5-3-2-4-6-15/h2-10,13,16H,11-12H2,1H3,(H,24,27)/t16-/m0/s1. The van der Waals surface area contributed by atoms with Gasteiger partial charge in [-0.3, -0.25) is 9.59 Å². The Hall–Kier alpha value is -3.21. The van der Waals surface area contributed by atoms with Crippen molar-refractivity contribution in [1.82, 2.24) is 4.57 Å². The van der Waals surface area contributed by atoms with Crippen LogP contribution in [0.1, 0.15) is 39.6 Å². The highest BCUT2D eigenvalue weighted by molar-refractivity contribution is 6.08.